The quantitative estimate of drug-likeness (QED) is 0.747. The van der Waals surface area contributed by atoms with Gasteiger partial charge in [-0.25, -0.2) is 0 Å². The van der Waals surface area contributed by atoms with Gasteiger partial charge in [0.05, 0.1) is 19.9 Å². The molecule has 1 atom stereocenters. The first-order valence-corrected chi connectivity index (χ1v) is 6.56. The van der Waals surface area contributed by atoms with Crippen molar-refractivity contribution < 1.29 is 14.0 Å². The SMILES string of the molecule is COc1cc(OC)cc(-n2nnnc2[S+](C)[O-])c1. The predicted octanol–water partition coefficient (Wildman–Crippen LogP) is 0.417. The van der Waals surface area contributed by atoms with Crippen LogP contribution in [0.25, 0.3) is 5.69 Å². The van der Waals surface area contributed by atoms with Gasteiger partial charge in [-0.2, -0.15) is 4.68 Å². The van der Waals surface area contributed by atoms with Gasteiger partial charge in [-0.3, -0.25) is 0 Å². The molecule has 8 heteroatoms. The zero-order valence-corrected chi connectivity index (χ0v) is 11.0. The Balaban J connectivity index is 2.52. The van der Waals surface area contributed by atoms with Crippen LogP contribution < -0.4 is 9.47 Å². The van der Waals surface area contributed by atoms with E-state index in [2.05, 4.69) is 15.5 Å². The molecular weight excluding hydrogens is 256 g/mol. The standard InChI is InChI=1S/C10H12N4O3S/c1-16-8-4-7(5-9(6-8)17-2)14-10(18(3)15)11-12-13-14/h4-6H,1-3H3. The van der Waals surface area contributed by atoms with Gasteiger partial charge in [-0.05, 0) is 10.4 Å². The van der Waals surface area contributed by atoms with Crippen LogP contribution in [0, 0.1) is 0 Å². The Labute approximate surface area is 107 Å². The van der Waals surface area contributed by atoms with Crippen molar-refractivity contribution in [2.45, 2.75) is 5.16 Å². The fraction of sp³-hybridized carbons (Fsp3) is 0.300. The van der Waals surface area contributed by atoms with E-state index >= 15 is 0 Å². The van der Waals surface area contributed by atoms with Crippen LogP contribution in [-0.4, -0.2) is 45.2 Å². The van der Waals surface area contributed by atoms with E-state index in [4.69, 9.17) is 9.47 Å². The third-order valence-corrected chi connectivity index (χ3v) is 3.05. The minimum Gasteiger partial charge on any atom is -0.609 e. The van der Waals surface area contributed by atoms with E-state index in [1.54, 1.807) is 32.4 Å². The molecular formula is C10H12N4O3S. The molecule has 7 nitrogen and oxygen atoms in total. The Bertz CT molecular complexity index is 521. The molecule has 96 valence electrons. The summed E-state index contributed by atoms with van der Waals surface area (Å²) < 4.78 is 23.2. The number of rotatable bonds is 4. The van der Waals surface area contributed by atoms with E-state index in [0.29, 0.717) is 17.2 Å². The molecule has 1 unspecified atom stereocenters. The Morgan fingerprint density at radius 1 is 1.17 bits per heavy atom. The molecule has 0 bridgehead atoms. The van der Waals surface area contributed by atoms with Crippen molar-refractivity contribution in [3.05, 3.63) is 18.2 Å². The van der Waals surface area contributed by atoms with Gasteiger partial charge in [0, 0.05) is 29.4 Å². The molecule has 0 aliphatic carbocycles. The van der Waals surface area contributed by atoms with Crippen LogP contribution in [0.15, 0.2) is 23.4 Å². The second-order valence-electron chi connectivity index (χ2n) is 3.40. The Morgan fingerprint density at radius 2 is 1.78 bits per heavy atom. The van der Waals surface area contributed by atoms with Gasteiger partial charge in [0.15, 0.2) is 0 Å². The van der Waals surface area contributed by atoms with Crippen LogP contribution in [0.1, 0.15) is 0 Å². The Kier molecular flexibility index (Phi) is 3.68. The van der Waals surface area contributed by atoms with Gasteiger partial charge >= 0.3 is 5.16 Å². The Morgan fingerprint density at radius 3 is 2.28 bits per heavy atom. The minimum atomic E-state index is -1.28. The van der Waals surface area contributed by atoms with Crippen LogP contribution in [0.2, 0.25) is 0 Å². The summed E-state index contributed by atoms with van der Waals surface area (Å²) in [5.41, 5.74) is 0.626. The first-order valence-electron chi connectivity index (χ1n) is 5.01. The third-order valence-electron chi connectivity index (χ3n) is 2.28. The first-order chi connectivity index (χ1) is 8.65. The molecule has 0 radical (unpaired) electrons. The van der Waals surface area contributed by atoms with E-state index < -0.39 is 11.2 Å². The van der Waals surface area contributed by atoms with Crippen LogP contribution in [0.3, 0.4) is 0 Å². The topological polar surface area (TPSA) is 85.1 Å². The second kappa shape index (κ2) is 5.23. The zero-order chi connectivity index (χ0) is 13.1. The molecule has 0 aliphatic rings. The van der Waals surface area contributed by atoms with Crippen molar-refractivity contribution in [3.63, 3.8) is 0 Å². The summed E-state index contributed by atoms with van der Waals surface area (Å²) >= 11 is -1.28. The summed E-state index contributed by atoms with van der Waals surface area (Å²) in [5.74, 6) is 1.21. The fourth-order valence-electron chi connectivity index (χ4n) is 1.43. The van der Waals surface area contributed by atoms with E-state index in [0.717, 1.165) is 0 Å². The second-order valence-corrected chi connectivity index (χ2v) is 4.67. The summed E-state index contributed by atoms with van der Waals surface area (Å²) in [6.45, 7) is 0. The monoisotopic (exact) mass is 268 g/mol. The highest BCUT2D eigenvalue weighted by atomic mass is 32.2. The lowest BCUT2D eigenvalue weighted by Crippen LogP contribution is -2.09. The summed E-state index contributed by atoms with van der Waals surface area (Å²) in [6, 6.07) is 5.20. The molecule has 0 saturated carbocycles. The lowest BCUT2D eigenvalue weighted by atomic mass is 10.3. The van der Waals surface area contributed by atoms with E-state index in [1.807, 2.05) is 0 Å². The fourth-order valence-corrected chi connectivity index (χ4v) is 1.97. The van der Waals surface area contributed by atoms with Gasteiger partial charge < -0.3 is 14.0 Å². The number of hydrogen-bond donors (Lipinski definition) is 0. The molecule has 0 saturated heterocycles. The summed E-state index contributed by atoms with van der Waals surface area (Å²) in [7, 11) is 3.11. The molecule has 0 N–H and O–H groups in total. The Hall–Kier alpha value is -1.80. The van der Waals surface area contributed by atoms with E-state index in [9.17, 15) is 4.55 Å². The number of methoxy groups -OCH3 is 2. The largest absolute Gasteiger partial charge is 0.609 e. The zero-order valence-electron chi connectivity index (χ0n) is 10.2. The average Bonchev–Trinajstić information content (AvgIpc) is 2.87. The molecule has 0 aliphatic heterocycles. The molecule has 1 heterocycles. The third kappa shape index (κ3) is 2.39. The lowest BCUT2D eigenvalue weighted by molar-refractivity contribution is 0.393. The van der Waals surface area contributed by atoms with Crippen LogP contribution in [-0.2, 0) is 11.2 Å². The number of ether oxygens (including phenoxy) is 2. The number of hydrogen-bond acceptors (Lipinski definition) is 6. The van der Waals surface area contributed by atoms with Crippen LogP contribution >= 0.6 is 0 Å². The maximum atomic E-state index is 11.5. The van der Waals surface area contributed by atoms with Crippen molar-refractivity contribution in [2.75, 3.05) is 20.5 Å². The maximum absolute atomic E-state index is 11.5. The van der Waals surface area contributed by atoms with Crippen molar-refractivity contribution in [3.8, 4) is 17.2 Å². The lowest BCUT2D eigenvalue weighted by Gasteiger charge is -2.09. The highest BCUT2D eigenvalue weighted by molar-refractivity contribution is 7.90. The molecule has 1 aromatic carbocycles. The smallest absolute Gasteiger partial charge is 0.365 e. The van der Waals surface area contributed by atoms with Crippen LogP contribution in [0.4, 0.5) is 0 Å². The molecule has 2 rings (SSSR count). The highest BCUT2D eigenvalue weighted by Crippen LogP contribution is 2.25. The summed E-state index contributed by atoms with van der Waals surface area (Å²) in [4.78, 5) is 0. The van der Waals surface area contributed by atoms with Crippen molar-refractivity contribution in [1.82, 2.24) is 20.2 Å². The van der Waals surface area contributed by atoms with Gasteiger partial charge in [-0.1, -0.05) is 5.10 Å². The molecule has 0 amide bonds. The summed E-state index contributed by atoms with van der Waals surface area (Å²) in [5, 5.41) is 11.3. The average molecular weight is 268 g/mol. The summed E-state index contributed by atoms with van der Waals surface area (Å²) in [6.07, 6.45) is 1.51. The molecule has 0 fully saturated rings. The normalized spacial score (nSPS) is 12.2. The van der Waals surface area contributed by atoms with E-state index in [1.165, 1.54) is 10.9 Å². The number of aromatic nitrogens is 4. The maximum Gasteiger partial charge on any atom is 0.365 e. The molecule has 18 heavy (non-hydrogen) atoms. The van der Waals surface area contributed by atoms with Gasteiger partial charge in [0.2, 0.25) is 0 Å². The number of tetrazole rings is 1. The van der Waals surface area contributed by atoms with Crippen molar-refractivity contribution >= 4 is 11.2 Å². The van der Waals surface area contributed by atoms with Crippen molar-refractivity contribution in [2.24, 2.45) is 0 Å². The van der Waals surface area contributed by atoms with Gasteiger partial charge in [0.1, 0.15) is 17.8 Å². The highest BCUT2D eigenvalue weighted by Gasteiger charge is 2.18. The van der Waals surface area contributed by atoms with Gasteiger partial charge in [-0.15, -0.1) is 0 Å². The molecule has 2 aromatic rings. The number of benzene rings is 1. The van der Waals surface area contributed by atoms with E-state index in [-0.39, 0.29) is 5.16 Å². The molecule has 1 aromatic heterocycles. The predicted molar refractivity (Wildman–Crippen MR) is 64.6 cm³/mol. The number of nitrogens with zero attached hydrogens (tertiary/aromatic N) is 4. The first kappa shape index (κ1) is 12.7. The van der Waals surface area contributed by atoms with Crippen molar-refractivity contribution in [1.29, 1.82) is 0 Å². The van der Waals surface area contributed by atoms with Gasteiger partial charge in [0.25, 0.3) is 0 Å². The van der Waals surface area contributed by atoms with Crippen LogP contribution in [0.5, 0.6) is 11.5 Å². The minimum absolute atomic E-state index is 0.269. The molecule has 0 spiro atoms.